The van der Waals surface area contributed by atoms with Crippen LogP contribution in [0.15, 0.2) is 36.4 Å². The largest absolute Gasteiger partial charge is 0.352 e. The van der Waals surface area contributed by atoms with Crippen LogP contribution in [-0.4, -0.2) is 38.6 Å². The molecular formula is C23H26N2O4. The Morgan fingerprint density at radius 1 is 1.10 bits per heavy atom. The summed E-state index contributed by atoms with van der Waals surface area (Å²) in [6, 6.07) is 11.6. The number of nitrogens with zero attached hydrogens (tertiary/aromatic N) is 1. The van der Waals surface area contributed by atoms with Crippen LogP contribution in [0.1, 0.15) is 39.0 Å². The number of hydrogen-bond donors (Lipinski definition) is 1. The summed E-state index contributed by atoms with van der Waals surface area (Å²) in [5.41, 5.74) is 5.69. The van der Waals surface area contributed by atoms with Gasteiger partial charge in [-0.3, -0.25) is 9.59 Å². The first kappa shape index (κ1) is 19.6. The zero-order valence-electron chi connectivity index (χ0n) is 17.1. The van der Waals surface area contributed by atoms with E-state index < -0.39 is 5.79 Å². The molecule has 6 nitrogen and oxygen atoms in total. The van der Waals surface area contributed by atoms with E-state index in [1.165, 1.54) is 0 Å². The molecule has 0 aliphatic carbocycles. The molecule has 2 heterocycles. The summed E-state index contributed by atoms with van der Waals surface area (Å²) in [5.74, 6) is -0.919. The summed E-state index contributed by atoms with van der Waals surface area (Å²) in [5, 5.41) is 2.97. The monoisotopic (exact) mass is 394 g/mol. The molecule has 2 aromatic rings. The zero-order chi connectivity index (χ0) is 20.6. The van der Waals surface area contributed by atoms with E-state index in [4.69, 9.17) is 9.47 Å². The van der Waals surface area contributed by atoms with Gasteiger partial charge in [0.2, 0.25) is 5.91 Å². The Morgan fingerprint density at radius 3 is 2.59 bits per heavy atom. The predicted molar refractivity (Wildman–Crippen MR) is 110 cm³/mol. The van der Waals surface area contributed by atoms with E-state index in [0.29, 0.717) is 38.2 Å². The smallest absolute Gasteiger partial charge is 0.251 e. The predicted octanol–water partition coefficient (Wildman–Crippen LogP) is 2.84. The minimum atomic E-state index is -0.893. The van der Waals surface area contributed by atoms with Gasteiger partial charge in [-0.15, -0.1) is 0 Å². The Morgan fingerprint density at radius 2 is 1.86 bits per heavy atom. The van der Waals surface area contributed by atoms with Gasteiger partial charge in [0.25, 0.3) is 5.91 Å². The number of fused-ring (bicyclic) bond motifs is 1. The van der Waals surface area contributed by atoms with E-state index in [0.717, 1.165) is 27.9 Å². The van der Waals surface area contributed by atoms with Crippen LogP contribution in [-0.2, 0) is 26.5 Å². The van der Waals surface area contributed by atoms with Crippen molar-refractivity contribution in [1.82, 2.24) is 5.32 Å². The van der Waals surface area contributed by atoms with E-state index >= 15 is 0 Å². The fourth-order valence-corrected chi connectivity index (χ4v) is 3.94. The number of aryl methyl sites for hydroxylation is 2. The van der Waals surface area contributed by atoms with Crippen LogP contribution in [0, 0.1) is 13.8 Å². The maximum atomic E-state index is 12.5. The number of benzene rings is 2. The summed E-state index contributed by atoms with van der Waals surface area (Å²) in [6.07, 6.45) is 0.880. The minimum Gasteiger partial charge on any atom is -0.352 e. The highest BCUT2D eigenvalue weighted by Crippen LogP contribution is 2.38. The van der Waals surface area contributed by atoms with Crippen molar-refractivity contribution in [3.8, 4) is 0 Å². The summed E-state index contributed by atoms with van der Waals surface area (Å²) in [4.78, 5) is 26.2. The molecule has 2 aliphatic rings. The highest BCUT2D eigenvalue weighted by molar-refractivity contribution is 6.01. The minimum absolute atomic E-state index is 0.0834. The molecule has 2 amide bonds. The number of amides is 2. The number of carbonyl (C=O) groups excluding carboxylic acids is 2. The first-order valence-electron chi connectivity index (χ1n) is 9.93. The Hall–Kier alpha value is -2.70. The van der Waals surface area contributed by atoms with Crippen LogP contribution in [0.4, 0.5) is 5.69 Å². The van der Waals surface area contributed by atoms with Gasteiger partial charge in [-0.1, -0.05) is 12.1 Å². The first-order valence-corrected chi connectivity index (χ1v) is 9.93. The molecule has 29 heavy (non-hydrogen) atoms. The van der Waals surface area contributed by atoms with Crippen LogP contribution >= 0.6 is 0 Å². The van der Waals surface area contributed by atoms with Crippen LogP contribution < -0.4 is 10.2 Å². The molecule has 0 saturated carbocycles. The number of anilines is 1. The van der Waals surface area contributed by atoms with Crippen LogP contribution in [0.25, 0.3) is 0 Å². The standard InChI is InChI=1S/C23H26N2O4/c1-15-4-5-17(12-16(15)2)22(27)24-9-8-23(28-10-11-29-23)19-6-7-20-18(13-19)14-21(26)25(20)3/h4-7,12-13H,8-11,14H2,1-3H3,(H,24,27). The molecule has 0 bridgehead atoms. The Kier molecular flexibility index (Phi) is 5.15. The van der Waals surface area contributed by atoms with Gasteiger partial charge in [0, 0.05) is 36.8 Å². The quantitative estimate of drug-likeness (QED) is 0.847. The highest BCUT2D eigenvalue weighted by Gasteiger charge is 2.39. The van der Waals surface area contributed by atoms with Crippen molar-refractivity contribution in [1.29, 1.82) is 0 Å². The van der Waals surface area contributed by atoms with Crippen molar-refractivity contribution in [3.05, 3.63) is 64.2 Å². The molecule has 0 unspecified atom stereocenters. The topological polar surface area (TPSA) is 67.9 Å². The second kappa shape index (κ2) is 7.61. The molecule has 0 atom stereocenters. The molecule has 152 valence electrons. The van der Waals surface area contributed by atoms with Gasteiger partial charge in [-0.2, -0.15) is 0 Å². The Labute approximate surface area is 170 Å². The van der Waals surface area contributed by atoms with Gasteiger partial charge >= 0.3 is 0 Å². The van der Waals surface area contributed by atoms with Crippen LogP contribution in [0.5, 0.6) is 0 Å². The van der Waals surface area contributed by atoms with E-state index in [9.17, 15) is 9.59 Å². The van der Waals surface area contributed by atoms with Crippen molar-refractivity contribution < 1.29 is 19.1 Å². The lowest BCUT2D eigenvalue weighted by atomic mass is 9.98. The van der Waals surface area contributed by atoms with Crippen molar-refractivity contribution >= 4 is 17.5 Å². The van der Waals surface area contributed by atoms with E-state index in [2.05, 4.69) is 5.32 Å². The molecule has 0 spiro atoms. The summed E-state index contributed by atoms with van der Waals surface area (Å²) in [6.45, 7) is 5.44. The number of ether oxygens (including phenoxy) is 2. The number of rotatable bonds is 5. The molecule has 2 aliphatic heterocycles. The van der Waals surface area contributed by atoms with Gasteiger partial charge in [0.1, 0.15) is 0 Å². The number of nitrogens with one attached hydrogen (secondary N) is 1. The fraction of sp³-hybridized carbons (Fsp3) is 0.391. The van der Waals surface area contributed by atoms with Crippen molar-refractivity contribution in [2.75, 3.05) is 31.7 Å². The normalized spacial score (nSPS) is 17.5. The van der Waals surface area contributed by atoms with E-state index in [1.54, 1.807) is 11.9 Å². The lowest BCUT2D eigenvalue weighted by Crippen LogP contribution is -2.34. The van der Waals surface area contributed by atoms with Gasteiger partial charge in [0.05, 0.1) is 19.6 Å². The third-order valence-electron chi connectivity index (χ3n) is 5.86. The average molecular weight is 394 g/mol. The Bertz CT molecular complexity index is 963. The van der Waals surface area contributed by atoms with Gasteiger partial charge in [-0.05, 0) is 54.8 Å². The van der Waals surface area contributed by atoms with Crippen molar-refractivity contribution in [3.63, 3.8) is 0 Å². The SMILES string of the molecule is Cc1ccc(C(=O)NCCC2(c3ccc4c(c3)CC(=O)N4C)OCCO2)cc1C. The molecular weight excluding hydrogens is 368 g/mol. The van der Waals surface area contributed by atoms with Crippen molar-refractivity contribution in [2.45, 2.75) is 32.5 Å². The molecule has 1 N–H and O–H groups in total. The molecule has 1 saturated heterocycles. The van der Waals surface area contributed by atoms with E-state index in [1.807, 2.05) is 50.2 Å². The molecule has 0 aromatic heterocycles. The second-order valence-corrected chi connectivity index (χ2v) is 7.73. The van der Waals surface area contributed by atoms with Gasteiger partial charge in [0.15, 0.2) is 5.79 Å². The molecule has 0 radical (unpaired) electrons. The Balaban J connectivity index is 1.47. The number of carbonyl (C=O) groups is 2. The summed E-state index contributed by atoms with van der Waals surface area (Å²) >= 11 is 0. The maximum absolute atomic E-state index is 12.5. The molecule has 2 aromatic carbocycles. The molecule has 4 rings (SSSR count). The third kappa shape index (κ3) is 3.66. The van der Waals surface area contributed by atoms with Crippen LogP contribution in [0.3, 0.4) is 0 Å². The number of likely N-dealkylation sites (N-methyl/N-ethyl adjacent to an activating group) is 1. The highest BCUT2D eigenvalue weighted by atomic mass is 16.7. The lowest BCUT2D eigenvalue weighted by Gasteiger charge is -2.28. The van der Waals surface area contributed by atoms with Gasteiger partial charge in [-0.25, -0.2) is 0 Å². The number of hydrogen-bond acceptors (Lipinski definition) is 4. The lowest BCUT2D eigenvalue weighted by molar-refractivity contribution is -0.169. The summed E-state index contributed by atoms with van der Waals surface area (Å²) in [7, 11) is 1.79. The molecule has 1 fully saturated rings. The molecule has 6 heteroatoms. The second-order valence-electron chi connectivity index (χ2n) is 7.73. The van der Waals surface area contributed by atoms with Crippen LogP contribution in [0.2, 0.25) is 0 Å². The average Bonchev–Trinajstić information content (AvgIpc) is 3.29. The van der Waals surface area contributed by atoms with Gasteiger partial charge < -0.3 is 19.7 Å². The summed E-state index contributed by atoms with van der Waals surface area (Å²) < 4.78 is 12.0. The fourth-order valence-electron chi connectivity index (χ4n) is 3.94. The first-order chi connectivity index (χ1) is 13.9. The van der Waals surface area contributed by atoms with E-state index in [-0.39, 0.29) is 11.8 Å². The van der Waals surface area contributed by atoms with Crippen molar-refractivity contribution in [2.24, 2.45) is 0 Å². The third-order valence-corrected chi connectivity index (χ3v) is 5.86. The maximum Gasteiger partial charge on any atom is 0.251 e. The zero-order valence-corrected chi connectivity index (χ0v) is 17.1.